The topological polar surface area (TPSA) is 62.0 Å². The maximum absolute atomic E-state index is 11.5. The molecule has 2 N–H and O–H groups in total. The van der Waals surface area contributed by atoms with E-state index in [0.29, 0.717) is 18.0 Å². The number of aromatic nitrogens is 1. The summed E-state index contributed by atoms with van der Waals surface area (Å²) in [7, 11) is 0. The maximum atomic E-state index is 11.5. The van der Waals surface area contributed by atoms with Crippen molar-refractivity contribution < 1.29 is 4.79 Å². The maximum Gasteiger partial charge on any atom is 0.248 e. The van der Waals surface area contributed by atoms with Gasteiger partial charge in [0.2, 0.25) is 11.5 Å². The fourth-order valence-corrected chi connectivity index (χ4v) is 2.12. The quantitative estimate of drug-likeness (QED) is 0.856. The van der Waals surface area contributed by atoms with Gasteiger partial charge in [-0.2, -0.15) is 0 Å². The van der Waals surface area contributed by atoms with Crippen molar-refractivity contribution in [3.8, 4) is 0 Å². The summed E-state index contributed by atoms with van der Waals surface area (Å²) in [6.07, 6.45) is 0.617. The Kier molecular flexibility index (Phi) is 5.39. The molecule has 0 radical (unpaired) electrons. The number of aryl methyl sites for hydroxylation is 1. The number of pyridine rings is 1. The molecule has 0 aliphatic rings. The summed E-state index contributed by atoms with van der Waals surface area (Å²) in [6.45, 7) is 1.46. The van der Waals surface area contributed by atoms with Gasteiger partial charge in [-0.15, -0.1) is 24.0 Å². The molecule has 19 heavy (non-hydrogen) atoms. The van der Waals surface area contributed by atoms with Gasteiger partial charge in [0.15, 0.2) is 0 Å². The first kappa shape index (κ1) is 15.5. The standard InChI is InChI=1S/C13H13ClN2O2.ClH/c1-8(17)15-10-2-3-12-11(7-10)9(4-5-14)6-13(18)16-12;/h2-3,6-7H,4-5H2,1H3,(H,15,17)(H,16,18);1H. The van der Waals surface area contributed by atoms with Crippen molar-refractivity contribution in [2.24, 2.45) is 0 Å². The number of hydrogen-bond donors (Lipinski definition) is 2. The lowest BCUT2D eigenvalue weighted by Crippen LogP contribution is -2.09. The molecule has 1 aromatic carbocycles. The number of amides is 1. The first-order chi connectivity index (χ1) is 8.60. The van der Waals surface area contributed by atoms with Gasteiger partial charge >= 0.3 is 0 Å². The fraction of sp³-hybridized carbons (Fsp3) is 0.231. The number of hydrogen-bond acceptors (Lipinski definition) is 2. The zero-order valence-corrected chi connectivity index (χ0v) is 11.9. The minimum absolute atomic E-state index is 0. The van der Waals surface area contributed by atoms with Crippen molar-refractivity contribution in [1.82, 2.24) is 4.98 Å². The zero-order valence-electron chi connectivity index (χ0n) is 10.3. The van der Waals surface area contributed by atoms with Crippen molar-refractivity contribution in [2.45, 2.75) is 13.3 Å². The Balaban J connectivity index is 0.00000180. The molecule has 1 heterocycles. The van der Waals surface area contributed by atoms with Crippen molar-refractivity contribution in [1.29, 1.82) is 0 Å². The van der Waals surface area contributed by atoms with E-state index >= 15 is 0 Å². The van der Waals surface area contributed by atoms with E-state index in [0.717, 1.165) is 16.5 Å². The third-order valence-electron chi connectivity index (χ3n) is 2.61. The molecule has 0 atom stereocenters. The van der Waals surface area contributed by atoms with Gasteiger partial charge < -0.3 is 10.3 Å². The number of benzene rings is 1. The molecule has 0 fully saturated rings. The van der Waals surface area contributed by atoms with Crippen LogP contribution in [0.15, 0.2) is 29.1 Å². The van der Waals surface area contributed by atoms with Crippen LogP contribution in [0.4, 0.5) is 5.69 Å². The number of carbonyl (C=O) groups is 1. The van der Waals surface area contributed by atoms with Gasteiger partial charge in [-0.25, -0.2) is 0 Å². The Labute approximate surface area is 121 Å². The predicted molar refractivity (Wildman–Crippen MR) is 80.5 cm³/mol. The lowest BCUT2D eigenvalue weighted by atomic mass is 10.1. The van der Waals surface area contributed by atoms with Gasteiger partial charge in [0.1, 0.15) is 0 Å². The molecule has 1 aromatic heterocycles. The number of nitrogens with one attached hydrogen (secondary N) is 2. The third-order valence-corrected chi connectivity index (χ3v) is 2.80. The van der Waals surface area contributed by atoms with E-state index < -0.39 is 0 Å². The molecule has 2 aromatic rings. The predicted octanol–water partition coefficient (Wildman–Crippen LogP) is 2.69. The highest BCUT2D eigenvalue weighted by Crippen LogP contribution is 2.20. The van der Waals surface area contributed by atoms with E-state index in [1.54, 1.807) is 18.2 Å². The monoisotopic (exact) mass is 300 g/mol. The first-order valence-electron chi connectivity index (χ1n) is 5.59. The van der Waals surface area contributed by atoms with Gasteiger partial charge in [-0.05, 0) is 30.2 Å². The summed E-state index contributed by atoms with van der Waals surface area (Å²) in [5.74, 6) is 0.320. The molecule has 0 saturated carbocycles. The lowest BCUT2D eigenvalue weighted by Gasteiger charge is -2.07. The number of carbonyl (C=O) groups excluding carboxylic acids is 1. The van der Waals surface area contributed by atoms with Gasteiger partial charge in [-0.3, -0.25) is 9.59 Å². The van der Waals surface area contributed by atoms with E-state index in [9.17, 15) is 9.59 Å². The van der Waals surface area contributed by atoms with E-state index in [2.05, 4.69) is 10.3 Å². The highest BCUT2D eigenvalue weighted by molar-refractivity contribution is 6.18. The fourth-order valence-electron chi connectivity index (χ4n) is 1.91. The van der Waals surface area contributed by atoms with Crippen LogP contribution in [0.1, 0.15) is 12.5 Å². The Morgan fingerprint density at radius 2 is 2.11 bits per heavy atom. The van der Waals surface area contributed by atoms with Crippen LogP contribution in [0.25, 0.3) is 10.9 Å². The van der Waals surface area contributed by atoms with Crippen molar-refractivity contribution in [3.63, 3.8) is 0 Å². The van der Waals surface area contributed by atoms with Crippen LogP contribution in [0.5, 0.6) is 0 Å². The summed E-state index contributed by atoms with van der Waals surface area (Å²) in [6, 6.07) is 6.92. The summed E-state index contributed by atoms with van der Waals surface area (Å²) in [5.41, 5.74) is 2.19. The van der Waals surface area contributed by atoms with E-state index in [-0.39, 0.29) is 23.9 Å². The molecule has 102 valence electrons. The Bertz CT molecular complexity index is 653. The molecule has 0 unspecified atom stereocenters. The normalized spacial score (nSPS) is 10.0. The highest BCUT2D eigenvalue weighted by atomic mass is 35.5. The van der Waals surface area contributed by atoms with Gasteiger partial charge in [0, 0.05) is 35.5 Å². The van der Waals surface area contributed by atoms with Gasteiger partial charge in [0.25, 0.3) is 0 Å². The molecule has 1 amide bonds. The van der Waals surface area contributed by atoms with E-state index in [1.807, 2.05) is 6.07 Å². The molecular weight excluding hydrogens is 287 g/mol. The molecule has 4 nitrogen and oxygen atoms in total. The zero-order chi connectivity index (χ0) is 13.1. The molecule has 0 spiro atoms. The number of rotatable bonds is 3. The first-order valence-corrected chi connectivity index (χ1v) is 6.13. The molecular formula is C13H14Cl2N2O2. The van der Waals surface area contributed by atoms with Crippen molar-refractivity contribution >= 4 is 46.5 Å². The summed E-state index contributed by atoms with van der Waals surface area (Å²) < 4.78 is 0. The highest BCUT2D eigenvalue weighted by Gasteiger charge is 2.05. The van der Waals surface area contributed by atoms with Gasteiger partial charge in [-0.1, -0.05) is 0 Å². The third kappa shape index (κ3) is 3.72. The summed E-state index contributed by atoms with van der Waals surface area (Å²) in [4.78, 5) is 25.3. The van der Waals surface area contributed by atoms with Crippen LogP contribution < -0.4 is 10.9 Å². The smallest absolute Gasteiger partial charge is 0.248 e. The van der Waals surface area contributed by atoms with Crippen LogP contribution in [-0.2, 0) is 11.2 Å². The van der Waals surface area contributed by atoms with Crippen LogP contribution in [0, 0.1) is 0 Å². The summed E-state index contributed by atoms with van der Waals surface area (Å²) >= 11 is 5.73. The number of H-pyrrole nitrogens is 1. The Hall–Kier alpha value is -1.52. The largest absolute Gasteiger partial charge is 0.326 e. The minimum Gasteiger partial charge on any atom is -0.326 e. The van der Waals surface area contributed by atoms with E-state index in [1.165, 1.54) is 6.92 Å². The van der Waals surface area contributed by atoms with Crippen molar-refractivity contribution in [3.05, 3.63) is 40.2 Å². The average Bonchev–Trinajstić information content (AvgIpc) is 2.29. The molecule has 0 aliphatic carbocycles. The Morgan fingerprint density at radius 1 is 1.37 bits per heavy atom. The molecule has 0 bridgehead atoms. The number of aromatic amines is 1. The Morgan fingerprint density at radius 3 is 2.74 bits per heavy atom. The summed E-state index contributed by atoms with van der Waals surface area (Å²) in [5, 5.41) is 3.62. The molecule has 0 saturated heterocycles. The second-order valence-electron chi connectivity index (χ2n) is 4.04. The number of anilines is 1. The SMILES string of the molecule is CC(=O)Nc1ccc2[nH]c(=O)cc(CCCl)c2c1.Cl. The van der Waals surface area contributed by atoms with Crippen LogP contribution in [0.2, 0.25) is 0 Å². The number of fused-ring (bicyclic) bond motifs is 1. The van der Waals surface area contributed by atoms with Gasteiger partial charge in [0.05, 0.1) is 0 Å². The second kappa shape index (κ2) is 6.59. The molecule has 0 aliphatic heterocycles. The molecule has 2 rings (SSSR count). The van der Waals surface area contributed by atoms with E-state index in [4.69, 9.17) is 11.6 Å². The van der Waals surface area contributed by atoms with Crippen LogP contribution in [-0.4, -0.2) is 16.8 Å². The van der Waals surface area contributed by atoms with Crippen LogP contribution in [0.3, 0.4) is 0 Å². The number of alkyl halides is 1. The van der Waals surface area contributed by atoms with Crippen molar-refractivity contribution in [2.75, 3.05) is 11.2 Å². The second-order valence-corrected chi connectivity index (χ2v) is 4.42. The molecule has 6 heteroatoms. The van der Waals surface area contributed by atoms with Crippen LogP contribution >= 0.6 is 24.0 Å². The number of halogens is 2. The minimum atomic E-state index is -0.144. The lowest BCUT2D eigenvalue weighted by molar-refractivity contribution is -0.114. The average molecular weight is 301 g/mol.